The van der Waals surface area contributed by atoms with E-state index in [-0.39, 0.29) is 17.4 Å². The van der Waals surface area contributed by atoms with Gasteiger partial charge in [0, 0.05) is 11.1 Å². The smallest absolute Gasteiger partial charge is 0.270 e. The first-order valence-electron chi connectivity index (χ1n) is 9.02. The molecule has 0 saturated carbocycles. The maximum Gasteiger partial charge on any atom is 0.270 e. The Kier molecular flexibility index (Phi) is 4.02. The largest absolute Gasteiger partial charge is 0.497 e. The van der Waals surface area contributed by atoms with Crippen LogP contribution in [-0.2, 0) is 5.41 Å². The maximum absolute atomic E-state index is 12.4. The van der Waals surface area contributed by atoms with Gasteiger partial charge in [0.1, 0.15) is 11.4 Å². The zero-order valence-electron chi connectivity index (χ0n) is 16.0. The maximum atomic E-state index is 12.4. The molecular formula is C22H23N3O2. The van der Waals surface area contributed by atoms with Crippen molar-refractivity contribution in [2.75, 3.05) is 7.11 Å². The van der Waals surface area contributed by atoms with E-state index in [1.807, 2.05) is 24.3 Å². The van der Waals surface area contributed by atoms with E-state index in [1.54, 1.807) is 7.11 Å². The Balaban J connectivity index is 1.75. The summed E-state index contributed by atoms with van der Waals surface area (Å²) in [6.07, 6.45) is 0. The lowest BCUT2D eigenvalue weighted by Crippen LogP contribution is -2.21. The summed E-state index contributed by atoms with van der Waals surface area (Å²) in [5.41, 5.74) is 5.56. The van der Waals surface area contributed by atoms with Crippen LogP contribution in [-0.4, -0.2) is 23.2 Å². The second-order valence-electron chi connectivity index (χ2n) is 7.87. The van der Waals surface area contributed by atoms with Crippen LogP contribution in [0.3, 0.4) is 0 Å². The molecule has 3 aromatic rings. The summed E-state index contributed by atoms with van der Waals surface area (Å²) >= 11 is 0. The van der Waals surface area contributed by atoms with E-state index in [2.05, 4.69) is 60.6 Å². The predicted octanol–water partition coefficient (Wildman–Crippen LogP) is 4.22. The van der Waals surface area contributed by atoms with Crippen molar-refractivity contribution in [3.63, 3.8) is 0 Å². The van der Waals surface area contributed by atoms with Crippen molar-refractivity contribution in [3.8, 4) is 17.0 Å². The van der Waals surface area contributed by atoms with Crippen molar-refractivity contribution in [1.29, 1.82) is 0 Å². The van der Waals surface area contributed by atoms with Gasteiger partial charge in [-0.05, 0) is 40.8 Å². The van der Waals surface area contributed by atoms with E-state index in [0.717, 1.165) is 28.1 Å². The van der Waals surface area contributed by atoms with Gasteiger partial charge in [-0.25, -0.2) is 0 Å². The third-order valence-corrected chi connectivity index (χ3v) is 5.07. The summed E-state index contributed by atoms with van der Waals surface area (Å²) in [5, 5.41) is 10.4. The van der Waals surface area contributed by atoms with E-state index >= 15 is 0 Å². The van der Waals surface area contributed by atoms with Crippen LogP contribution in [0.25, 0.3) is 11.3 Å². The van der Waals surface area contributed by atoms with Gasteiger partial charge in [-0.1, -0.05) is 45.0 Å². The Morgan fingerprint density at radius 2 is 1.67 bits per heavy atom. The molecule has 1 aliphatic heterocycles. The average molecular weight is 361 g/mol. The minimum atomic E-state index is -0.211. The number of H-pyrrole nitrogens is 1. The Morgan fingerprint density at radius 1 is 1.00 bits per heavy atom. The number of methoxy groups -OCH3 is 1. The number of benzene rings is 2. The topological polar surface area (TPSA) is 67.0 Å². The molecule has 0 radical (unpaired) electrons. The molecule has 0 spiro atoms. The molecule has 0 unspecified atom stereocenters. The molecule has 0 saturated heterocycles. The van der Waals surface area contributed by atoms with Gasteiger partial charge in [0.15, 0.2) is 0 Å². The lowest BCUT2D eigenvalue weighted by molar-refractivity contribution is 0.0955. The van der Waals surface area contributed by atoms with E-state index < -0.39 is 0 Å². The number of carbonyl (C=O) groups excluding carboxylic acids is 1. The van der Waals surface area contributed by atoms with Gasteiger partial charge in [0.25, 0.3) is 5.91 Å². The molecule has 1 aliphatic rings. The van der Waals surface area contributed by atoms with Crippen LogP contribution in [0.15, 0.2) is 48.5 Å². The van der Waals surface area contributed by atoms with Gasteiger partial charge in [-0.15, -0.1) is 0 Å². The van der Waals surface area contributed by atoms with E-state index in [9.17, 15) is 4.79 Å². The Morgan fingerprint density at radius 3 is 2.26 bits per heavy atom. The molecule has 2 aromatic carbocycles. The zero-order valence-corrected chi connectivity index (χ0v) is 16.0. The number of amides is 1. The molecule has 1 aromatic heterocycles. The molecule has 5 heteroatoms. The Labute approximate surface area is 158 Å². The van der Waals surface area contributed by atoms with E-state index in [0.29, 0.717) is 5.69 Å². The lowest BCUT2D eigenvalue weighted by atomic mass is 9.86. The molecule has 5 nitrogen and oxygen atoms in total. The number of hydrogen-bond donors (Lipinski definition) is 2. The van der Waals surface area contributed by atoms with Crippen molar-refractivity contribution in [3.05, 3.63) is 70.9 Å². The third-order valence-electron chi connectivity index (χ3n) is 5.07. The average Bonchev–Trinajstić information content (AvgIpc) is 3.23. The minimum Gasteiger partial charge on any atom is -0.497 e. The molecular weight excluding hydrogens is 338 g/mol. The molecule has 0 fully saturated rings. The zero-order chi connectivity index (χ0) is 19.2. The first-order chi connectivity index (χ1) is 12.9. The van der Waals surface area contributed by atoms with Crippen molar-refractivity contribution in [2.24, 2.45) is 0 Å². The van der Waals surface area contributed by atoms with Crippen LogP contribution in [0.2, 0.25) is 0 Å². The fourth-order valence-electron chi connectivity index (χ4n) is 3.47. The molecule has 1 atom stereocenters. The van der Waals surface area contributed by atoms with Gasteiger partial charge in [0.05, 0.1) is 18.8 Å². The number of carbonyl (C=O) groups is 1. The first kappa shape index (κ1) is 17.3. The SMILES string of the molecule is COc1ccc(-c2n[nH]c3c2[C@H](c2ccc(C(C)(C)C)cc2)NC3=O)cc1. The van der Waals surface area contributed by atoms with Gasteiger partial charge in [-0.3, -0.25) is 9.89 Å². The Bertz CT molecular complexity index is 980. The number of aromatic nitrogens is 2. The van der Waals surface area contributed by atoms with Crippen LogP contribution in [0, 0.1) is 0 Å². The normalized spacial score (nSPS) is 16.1. The van der Waals surface area contributed by atoms with Crippen LogP contribution >= 0.6 is 0 Å². The molecule has 2 heterocycles. The fourth-order valence-corrected chi connectivity index (χ4v) is 3.47. The lowest BCUT2D eigenvalue weighted by Gasteiger charge is -2.20. The quantitative estimate of drug-likeness (QED) is 0.734. The van der Waals surface area contributed by atoms with Gasteiger partial charge in [-0.2, -0.15) is 5.10 Å². The summed E-state index contributed by atoms with van der Waals surface area (Å²) < 4.78 is 5.23. The Hall–Kier alpha value is -3.08. The number of aromatic amines is 1. The highest BCUT2D eigenvalue weighted by Crippen LogP contribution is 2.37. The summed E-state index contributed by atoms with van der Waals surface area (Å²) in [7, 11) is 1.64. The first-order valence-corrected chi connectivity index (χ1v) is 9.02. The number of ether oxygens (including phenoxy) is 1. The van der Waals surface area contributed by atoms with Crippen LogP contribution in [0.5, 0.6) is 5.75 Å². The number of nitrogens with one attached hydrogen (secondary N) is 2. The van der Waals surface area contributed by atoms with E-state index in [4.69, 9.17) is 4.74 Å². The number of fused-ring (bicyclic) bond motifs is 1. The molecule has 0 aliphatic carbocycles. The number of nitrogens with zero attached hydrogens (tertiary/aromatic N) is 1. The second-order valence-corrected chi connectivity index (χ2v) is 7.87. The molecule has 2 N–H and O–H groups in total. The molecule has 0 bridgehead atoms. The number of rotatable bonds is 3. The molecule has 1 amide bonds. The molecule has 27 heavy (non-hydrogen) atoms. The van der Waals surface area contributed by atoms with Crippen molar-refractivity contribution >= 4 is 5.91 Å². The monoisotopic (exact) mass is 361 g/mol. The highest BCUT2D eigenvalue weighted by Gasteiger charge is 2.35. The second kappa shape index (κ2) is 6.27. The van der Waals surface area contributed by atoms with Crippen LogP contribution in [0.4, 0.5) is 0 Å². The predicted molar refractivity (Wildman–Crippen MR) is 105 cm³/mol. The summed E-state index contributed by atoms with van der Waals surface area (Å²) in [4.78, 5) is 12.4. The van der Waals surface area contributed by atoms with E-state index in [1.165, 1.54) is 5.56 Å². The standard InChI is InChI=1S/C22H23N3O2/c1-22(2,3)15-9-5-13(6-10-15)18-17-19(24-25-20(17)21(26)23-18)14-7-11-16(27-4)12-8-14/h5-12,18H,1-4H3,(H,23,26)(H,24,25)/t18-/m0/s1. The van der Waals surface area contributed by atoms with Crippen molar-refractivity contribution in [2.45, 2.75) is 32.2 Å². The summed E-state index contributed by atoms with van der Waals surface area (Å²) in [5.74, 6) is 0.664. The highest BCUT2D eigenvalue weighted by molar-refractivity contribution is 6.00. The van der Waals surface area contributed by atoms with Crippen molar-refractivity contribution in [1.82, 2.24) is 15.5 Å². The van der Waals surface area contributed by atoms with Gasteiger partial charge < -0.3 is 10.1 Å². The molecule has 4 rings (SSSR count). The van der Waals surface area contributed by atoms with Crippen LogP contribution < -0.4 is 10.1 Å². The van der Waals surface area contributed by atoms with Gasteiger partial charge >= 0.3 is 0 Å². The number of hydrogen-bond acceptors (Lipinski definition) is 3. The summed E-state index contributed by atoms with van der Waals surface area (Å²) in [6.45, 7) is 6.57. The van der Waals surface area contributed by atoms with Gasteiger partial charge in [0.2, 0.25) is 0 Å². The third kappa shape index (κ3) is 2.99. The fraction of sp³-hybridized carbons (Fsp3) is 0.273. The van der Waals surface area contributed by atoms with Crippen molar-refractivity contribution < 1.29 is 9.53 Å². The summed E-state index contributed by atoms with van der Waals surface area (Å²) in [6, 6.07) is 15.9. The molecule has 138 valence electrons. The highest BCUT2D eigenvalue weighted by atomic mass is 16.5. The minimum absolute atomic E-state index is 0.0898. The van der Waals surface area contributed by atoms with Crippen LogP contribution in [0.1, 0.15) is 54.0 Å².